The van der Waals surface area contributed by atoms with E-state index in [1.807, 2.05) is 11.8 Å². The summed E-state index contributed by atoms with van der Waals surface area (Å²) in [5.41, 5.74) is 0.355. The Labute approximate surface area is 134 Å². The molecule has 0 saturated carbocycles. The van der Waals surface area contributed by atoms with Crippen LogP contribution in [0, 0.1) is 17.3 Å². The number of Topliss-reactive ketones (excluding diaryl/α,β-unsaturated/α-hetero) is 1. The molecule has 0 N–H and O–H groups in total. The molecule has 0 aromatic carbocycles. The molecular formula is C18H32O2S. The lowest BCUT2D eigenvalue weighted by atomic mass is 9.77. The van der Waals surface area contributed by atoms with E-state index < -0.39 is 0 Å². The lowest BCUT2D eigenvalue weighted by Gasteiger charge is -2.43. The summed E-state index contributed by atoms with van der Waals surface area (Å²) in [6, 6.07) is 0. The van der Waals surface area contributed by atoms with Crippen LogP contribution in [0.15, 0.2) is 0 Å². The van der Waals surface area contributed by atoms with Gasteiger partial charge < -0.3 is 4.74 Å². The van der Waals surface area contributed by atoms with Gasteiger partial charge in [-0.2, -0.15) is 11.8 Å². The van der Waals surface area contributed by atoms with E-state index in [0.29, 0.717) is 17.1 Å². The van der Waals surface area contributed by atoms with E-state index in [4.69, 9.17) is 4.74 Å². The van der Waals surface area contributed by atoms with E-state index in [-0.39, 0.29) is 11.5 Å². The van der Waals surface area contributed by atoms with Crippen LogP contribution in [0.3, 0.4) is 0 Å². The van der Waals surface area contributed by atoms with Crippen molar-refractivity contribution in [1.29, 1.82) is 0 Å². The van der Waals surface area contributed by atoms with Crippen LogP contribution >= 0.6 is 11.8 Å². The second kappa shape index (κ2) is 7.04. The Morgan fingerprint density at radius 2 is 2.00 bits per heavy atom. The first-order valence-electron chi connectivity index (χ1n) is 8.54. The van der Waals surface area contributed by atoms with E-state index >= 15 is 0 Å². The van der Waals surface area contributed by atoms with Gasteiger partial charge >= 0.3 is 0 Å². The molecule has 21 heavy (non-hydrogen) atoms. The quantitative estimate of drug-likeness (QED) is 0.752. The summed E-state index contributed by atoms with van der Waals surface area (Å²) in [6.07, 6.45) is 6.08. The molecule has 2 heterocycles. The molecule has 122 valence electrons. The normalized spacial score (nSPS) is 27.5. The van der Waals surface area contributed by atoms with Crippen LogP contribution in [0.5, 0.6) is 0 Å². The van der Waals surface area contributed by atoms with E-state index in [2.05, 4.69) is 27.7 Å². The minimum Gasteiger partial charge on any atom is -0.375 e. The van der Waals surface area contributed by atoms with Crippen LogP contribution < -0.4 is 0 Å². The van der Waals surface area contributed by atoms with Gasteiger partial charge in [-0.1, -0.05) is 27.7 Å². The topological polar surface area (TPSA) is 26.3 Å². The van der Waals surface area contributed by atoms with Crippen molar-refractivity contribution in [3.05, 3.63) is 0 Å². The number of hydrogen-bond acceptors (Lipinski definition) is 3. The average Bonchev–Trinajstić information content (AvgIpc) is 2.37. The van der Waals surface area contributed by atoms with Gasteiger partial charge in [0.05, 0.1) is 5.60 Å². The predicted octanol–water partition coefficient (Wildman–Crippen LogP) is 4.71. The third-order valence-electron chi connectivity index (χ3n) is 4.86. The SMILES string of the molecule is CC(CC(=O)C1CCOC2(CCSCC2)C1)CC(C)(C)C. The minimum atomic E-state index is 0.0388. The fraction of sp³-hybridized carbons (Fsp3) is 0.944. The van der Waals surface area contributed by atoms with Crippen LogP contribution in [-0.4, -0.2) is 29.5 Å². The summed E-state index contributed by atoms with van der Waals surface area (Å²) >= 11 is 2.02. The number of carbonyl (C=O) groups is 1. The van der Waals surface area contributed by atoms with Crippen molar-refractivity contribution in [2.45, 2.75) is 71.8 Å². The monoisotopic (exact) mass is 312 g/mol. The van der Waals surface area contributed by atoms with Gasteiger partial charge in [0.15, 0.2) is 0 Å². The maximum absolute atomic E-state index is 12.7. The van der Waals surface area contributed by atoms with Gasteiger partial charge in [-0.05, 0) is 54.9 Å². The highest BCUT2D eigenvalue weighted by Gasteiger charge is 2.40. The Kier molecular flexibility index (Phi) is 5.81. The van der Waals surface area contributed by atoms with E-state index in [1.165, 1.54) is 11.5 Å². The molecule has 2 unspecified atom stereocenters. The molecule has 0 aromatic rings. The minimum absolute atomic E-state index is 0.0388. The molecule has 0 radical (unpaired) electrons. The maximum atomic E-state index is 12.7. The molecule has 0 amide bonds. The van der Waals surface area contributed by atoms with Gasteiger partial charge in [0.2, 0.25) is 0 Å². The van der Waals surface area contributed by atoms with E-state index in [9.17, 15) is 4.79 Å². The van der Waals surface area contributed by atoms with Gasteiger partial charge in [-0.25, -0.2) is 0 Å². The summed E-state index contributed by atoms with van der Waals surface area (Å²) in [5, 5.41) is 0. The highest BCUT2D eigenvalue weighted by Crippen LogP contribution is 2.40. The highest BCUT2D eigenvalue weighted by atomic mass is 32.2. The lowest BCUT2D eigenvalue weighted by molar-refractivity contribution is -0.139. The first-order chi connectivity index (χ1) is 9.80. The van der Waals surface area contributed by atoms with Crippen LogP contribution in [0.4, 0.5) is 0 Å². The Hall–Kier alpha value is -0.0200. The third kappa shape index (κ3) is 5.28. The van der Waals surface area contributed by atoms with Gasteiger partial charge in [-0.3, -0.25) is 4.79 Å². The Morgan fingerprint density at radius 3 is 2.62 bits per heavy atom. The van der Waals surface area contributed by atoms with Gasteiger partial charge in [-0.15, -0.1) is 0 Å². The first kappa shape index (κ1) is 17.3. The average molecular weight is 313 g/mol. The number of rotatable bonds is 4. The molecule has 2 rings (SSSR count). The number of thioether (sulfide) groups is 1. The predicted molar refractivity (Wildman–Crippen MR) is 90.8 cm³/mol. The molecule has 0 aromatic heterocycles. The lowest BCUT2D eigenvalue weighted by Crippen LogP contribution is -2.44. The van der Waals surface area contributed by atoms with E-state index in [1.54, 1.807) is 0 Å². The van der Waals surface area contributed by atoms with Gasteiger partial charge in [0.1, 0.15) is 5.78 Å². The summed E-state index contributed by atoms with van der Waals surface area (Å²) in [5.74, 6) is 3.64. The van der Waals surface area contributed by atoms with Gasteiger partial charge in [0, 0.05) is 18.9 Å². The standard InChI is InChI=1S/C18H32O2S/c1-14(12-17(2,3)4)11-16(19)15-5-8-20-18(13-15)6-9-21-10-7-18/h14-15H,5-13H2,1-4H3. The molecule has 1 spiro atoms. The second-order valence-electron chi connectivity index (χ2n) is 8.37. The van der Waals surface area contributed by atoms with Crippen molar-refractivity contribution in [2.24, 2.45) is 17.3 Å². The smallest absolute Gasteiger partial charge is 0.136 e. The maximum Gasteiger partial charge on any atom is 0.136 e. The number of ketones is 1. The van der Waals surface area contributed by atoms with Crippen LogP contribution in [0.25, 0.3) is 0 Å². The largest absolute Gasteiger partial charge is 0.375 e. The fourth-order valence-corrected chi connectivity index (χ4v) is 5.26. The molecule has 2 aliphatic rings. The Morgan fingerprint density at radius 1 is 1.33 bits per heavy atom. The molecule has 0 aliphatic carbocycles. The molecule has 2 fully saturated rings. The van der Waals surface area contributed by atoms with Crippen molar-refractivity contribution in [1.82, 2.24) is 0 Å². The van der Waals surface area contributed by atoms with Crippen molar-refractivity contribution in [2.75, 3.05) is 18.1 Å². The summed E-state index contributed by atoms with van der Waals surface area (Å²) in [4.78, 5) is 12.7. The van der Waals surface area contributed by atoms with Crippen molar-refractivity contribution in [3.63, 3.8) is 0 Å². The summed E-state index contributed by atoms with van der Waals surface area (Å²) < 4.78 is 6.11. The second-order valence-corrected chi connectivity index (χ2v) is 9.60. The Balaban J connectivity index is 1.87. The fourth-order valence-electron chi connectivity index (χ4n) is 4.02. The molecule has 2 atom stereocenters. The number of carbonyl (C=O) groups excluding carboxylic acids is 1. The molecule has 2 nitrogen and oxygen atoms in total. The Bertz CT molecular complexity index is 347. The van der Waals surface area contributed by atoms with Crippen molar-refractivity contribution >= 4 is 17.5 Å². The van der Waals surface area contributed by atoms with Crippen LogP contribution in [0.2, 0.25) is 0 Å². The van der Waals surface area contributed by atoms with Crippen LogP contribution in [-0.2, 0) is 9.53 Å². The highest BCUT2D eigenvalue weighted by molar-refractivity contribution is 7.99. The first-order valence-corrected chi connectivity index (χ1v) is 9.70. The summed E-state index contributed by atoms with van der Waals surface area (Å²) in [7, 11) is 0. The van der Waals surface area contributed by atoms with Crippen molar-refractivity contribution < 1.29 is 9.53 Å². The third-order valence-corrected chi connectivity index (χ3v) is 5.85. The molecule has 3 heteroatoms. The van der Waals surface area contributed by atoms with E-state index in [0.717, 1.165) is 45.1 Å². The zero-order valence-corrected chi connectivity index (χ0v) is 15.1. The van der Waals surface area contributed by atoms with Gasteiger partial charge in [0.25, 0.3) is 0 Å². The van der Waals surface area contributed by atoms with Crippen molar-refractivity contribution in [3.8, 4) is 0 Å². The zero-order chi connectivity index (χ0) is 15.5. The van der Waals surface area contributed by atoms with Crippen LogP contribution in [0.1, 0.15) is 66.2 Å². The molecule has 0 bridgehead atoms. The number of ether oxygens (including phenoxy) is 1. The molecule has 2 saturated heterocycles. The molecular weight excluding hydrogens is 280 g/mol. The molecule has 2 aliphatic heterocycles. The number of hydrogen-bond donors (Lipinski definition) is 0. The zero-order valence-electron chi connectivity index (χ0n) is 14.2. The summed E-state index contributed by atoms with van der Waals surface area (Å²) in [6.45, 7) is 9.80.